The van der Waals surface area contributed by atoms with Crippen molar-refractivity contribution in [1.29, 1.82) is 0 Å². The maximum absolute atomic E-state index is 14.1. The second-order valence-corrected chi connectivity index (χ2v) is 4.44. The predicted octanol–water partition coefficient (Wildman–Crippen LogP) is 3.06. The molecule has 0 fully saturated rings. The van der Waals surface area contributed by atoms with Gasteiger partial charge in [-0.1, -0.05) is 36.4 Å². The molecule has 106 valence electrons. The van der Waals surface area contributed by atoms with Crippen LogP contribution in [-0.2, 0) is 11.3 Å². The van der Waals surface area contributed by atoms with Gasteiger partial charge in [-0.25, -0.2) is 4.39 Å². The molecule has 1 unspecified atom stereocenters. The SMILES string of the molecule is COCc1ccc(C(O)c2cccc(OC)c2F)cc1. The number of halogens is 1. The fraction of sp³-hybridized carbons (Fsp3) is 0.250. The molecule has 0 saturated heterocycles. The fourth-order valence-electron chi connectivity index (χ4n) is 2.04. The summed E-state index contributed by atoms with van der Waals surface area (Å²) in [4.78, 5) is 0. The highest BCUT2D eigenvalue weighted by atomic mass is 19.1. The van der Waals surface area contributed by atoms with Gasteiger partial charge in [0.25, 0.3) is 0 Å². The van der Waals surface area contributed by atoms with E-state index >= 15 is 0 Å². The van der Waals surface area contributed by atoms with E-state index in [0.717, 1.165) is 5.56 Å². The molecule has 1 N–H and O–H groups in total. The Labute approximate surface area is 117 Å². The summed E-state index contributed by atoms with van der Waals surface area (Å²) < 4.78 is 24.0. The van der Waals surface area contributed by atoms with Crippen LogP contribution >= 0.6 is 0 Å². The minimum absolute atomic E-state index is 0.123. The summed E-state index contributed by atoms with van der Waals surface area (Å²) in [5, 5.41) is 10.3. The number of methoxy groups -OCH3 is 2. The largest absolute Gasteiger partial charge is 0.494 e. The van der Waals surface area contributed by atoms with Crippen molar-refractivity contribution in [3.05, 3.63) is 65.0 Å². The standard InChI is InChI=1S/C16H17FO3/c1-19-10-11-6-8-12(9-7-11)16(18)13-4-3-5-14(20-2)15(13)17/h3-9,16,18H,10H2,1-2H3. The molecule has 0 aromatic heterocycles. The summed E-state index contributed by atoms with van der Waals surface area (Å²) >= 11 is 0. The second-order valence-electron chi connectivity index (χ2n) is 4.44. The Bertz CT molecular complexity index is 566. The van der Waals surface area contributed by atoms with Gasteiger partial charge in [-0.2, -0.15) is 0 Å². The summed E-state index contributed by atoms with van der Waals surface area (Å²) in [6.07, 6.45) is -1.03. The molecular formula is C16H17FO3. The van der Waals surface area contributed by atoms with E-state index in [2.05, 4.69) is 0 Å². The van der Waals surface area contributed by atoms with Gasteiger partial charge < -0.3 is 14.6 Å². The highest BCUT2D eigenvalue weighted by Gasteiger charge is 2.17. The monoisotopic (exact) mass is 276 g/mol. The Kier molecular flexibility index (Phi) is 4.71. The van der Waals surface area contributed by atoms with Crippen molar-refractivity contribution >= 4 is 0 Å². The topological polar surface area (TPSA) is 38.7 Å². The minimum Gasteiger partial charge on any atom is -0.494 e. The third kappa shape index (κ3) is 2.98. The predicted molar refractivity (Wildman–Crippen MR) is 74.2 cm³/mol. The van der Waals surface area contributed by atoms with Crippen LogP contribution in [0.2, 0.25) is 0 Å². The summed E-state index contributed by atoms with van der Waals surface area (Å²) in [6.45, 7) is 0.504. The lowest BCUT2D eigenvalue weighted by molar-refractivity contribution is 0.184. The number of ether oxygens (including phenoxy) is 2. The number of hydrogen-bond donors (Lipinski definition) is 1. The van der Waals surface area contributed by atoms with Crippen molar-refractivity contribution in [2.24, 2.45) is 0 Å². The van der Waals surface area contributed by atoms with Gasteiger partial charge in [-0.15, -0.1) is 0 Å². The average Bonchev–Trinajstić information content (AvgIpc) is 2.48. The molecule has 0 aliphatic rings. The molecule has 3 nitrogen and oxygen atoms in total. The normalized spacial score (nSPS) is 12.2. The molecule has 0 aliphatic heterocycles. The van der Waals surface area contributed by atoms with Crippen LogP contribution in [0.1, 0.15) is 22.8 Å². The molecule has 2 aromatic rings. The van der Waals surface area contributed by atoms with E-state index in [-0.39, 0.29) is 11.3 Å². The maximum Gasteiger partial charge on any atom is 0.171 e. The number of benzene rings is 2. The molecule has 2 aromatic carbocycles. The van der Waals surface area contributed by atoms with Crippen LogP contribution in [0.25, 0.3) is 0 Å². The zero-order valence-electron chi connectivity index (χ0n) is 11.5. The van der Waals surface area contributed by atoms with Gasteiger partial charge >= 0.3 is 0 Å². The molecule has 1 atom stereocenters. The lowest BCUT2D eigenvalue weighted by Gasteiger charge is -2.14. The Morgan fingerprint density at radius 3 is 2.40 bits per heavy atom. The maximum atomic E-state index is 14.1. The molecule has 0 amide bonds. The first-order valence-corrected chi connectivity index (χ1v) is 6.25. The molecule has 0 spiro atoms. The van der Waals surface area contributed by atoms with E-state index in [1.54, 1.807) is 31.4 Å². The van der Waals surface area contributed by atoms with Crippen LogP contribution in [0.4, 0.5) is 4.39 Å². The first-order valence-electron chi connectivity index (χ1n) is 6.25. The van der Waals surface area contributed by atoms with Gasteiger partial charge in [0.05, 0.1) is 13.7 Å². The Hall–Kier alpha value is -1.91. The Morgan fingerprint density at radius 2 is 1.80 bits per heavy atom. The van der Waals surface area contributed by atoms with Crippen LogP contribution in [0.15, 0.2) is 42.5 Å². The number of aliphatic hydroxyl groups excluding tert-OH is 1. The van der Waals surface area contributed by atoms with Crippen LogP contribution in [0.5, 0.6) is 5.75 Å². The molecule has 4 heteroatoms. The first-order chi connectivity index (χ1) is 9.67. The van der Waals surface area contributed by atoms with E-state index in [9.17, 15) is 9.50 Å². The lowest BCUT2D eigenvalue weighted by Crippen LogP contribution is -2.04. The summed E-state index contributed by atoms with van der Waals surface area (Å²) in [6, 6.07) is 11.9. The zero-order chi connectivity index (χ0) is 14.5. The molecule has 0 heterocycles. The number of aliphatic hydroxyl groups is 1. The number of hydrogen-bond acceptors (Lipinski definition) is 3. The molecule has 0 radical (unpaired) electrons. The highest BCUT2D eigenvalue weighted by Crippen LogP contribution is 2.29. The summed E-state index contributed by atoms with van der Waals surface area (Å²) in [5.41, 5.74) is 1.82. The third-order valence-electron chi connectivity index (χ3n) is 3.11. The van der Waals surface area contributed by atoms with E-state index < -0.39 is 11.9 Å². The van der Waals surface area contributed by atoms with E-state index in [0.29, 0.717) is 12.2 Å². The van der Waals surface area contributed by atoms with Gasteiger partial charge in [0.1, 0.15) is 6.10 Å². The summed E-state index contributed by atoms with van der Waals surface area (Å²) in [5.74, 6) is -0.416. The smallest absolute Gasteiger partial charge is 0.171 e. The highest BCUT2D eigenvalue weighted by molar-refractivity contribution is 5.37. The van der Waals surface area contributed by atoms with Crippen molar-refractivity contribution < 1.29 is 19.0 Å². The Morgan fingerprint density at radius 1 is 1.10 bits per heavy atom. The van der Waals surface area contributed by atoms with Crippen LogP contribution < -0.4 is 4.74 Å². The molecule has 0 bridgehead atoms. The average molecular weight is 276 g/mol. The fourth-order valence-corrected chi connectivity index (χ4v) is 2.04. The third-order valence-corrected chi connectivity index (χ3v) is 3.11. The van der Waals surface area contributed by atoms with Crippen LogP contribution in [0.3, 0.4) is 0 Å². The molecule has 0 aliphatic carbocycles. The lowest BCUT2D eigenvalue weighted by atomic mass is 9.99. The number of rotatable bonds is 5. The van der Waals surface area contributed by atoms with Crippen molar-refractivity contribution in [3.8, 4) is 5.75 Å². The molecule has 20 heavy (non-hydrogen) atoms. The van der Waals surface area contributed by atoms with E-state index in [1.165, 1.54) is 13.2 Å². The van der Waals surface area contributed by atoms with Gasteiger partial charge in [0.2, 0.25) is 0 Å². The van der Waals surface area contributed by atoms with Gasteiger partial charge in [0.15, 0.2) is 11.6 Å². The second kappa shape index (κ2) is 6.50. The zero-order valence-corrected chi connectivity index (χ0v) is 11.5. The quantitative estimate of drug-likeness (QED) is 0.912. The van der Waals surface area contributed by atoms with Crippen LogP contribution in [-0.4, -0.2) is 19.3 Å². The van der Waals surface area contributed by atoms with Crippen LogP contribution in [0, 0.1) is 5.82 Å². The van der Waals surface area contributed by atoms with E-state index in [4.69, 9.17) is 9.47 Å². The van der Waals surface area contributed by atoms with Crippen molar-refractivity contribution in [2.75, 3.05) is 14.2 Å². The van der Waals surface area contributed by atoms with Gasteiger partial charge in [-0.05, 0) is 17.2 Å². The molecule has 0 saturated carbocycles. The van der Waals surface area contributed by atoms with Gasteiger partial charge in [0, 0.05) is 12.7 Å². The Balaban J connectivity index is 2.29. The van der Waals surface area contributed by atoms with Gasteiger partial charge in [-0.3, -0.25) is 0 Å². The van der Waals surface area contributed by atoms with Crippen molar-refractivity contribution in [2.45, 2.75) is 12.7 Å². The van der Waals surface area contributed by atoms with E-state index in [1.807, 2.05) is 12.1 Å². The molecular weight excluding hydrogens is 259 g/mol. The minimum atomic E-state index is -1.03. The summed E-state index contributed by atoms with van der Waals surface area (Å²) in [7, 11) is 3.02. The first kappa shape index (κ1) is 14.5. The van der Waals surface area contributed by atoms with Crippen molar-refractivity contribution in [3.63, 3.8) is 0 Å². The van der Waals surface area contributed by atoms with Crippen molar-refractivity contribution in [1.82, 2.24) is 0 Å². The molecule has 2 rings (SSSR count).